The Kier molecular flexibility index (Phi) is 11.2. The summed E-state index contributed by atoms with van der Waals surface area (Å²) in [4.78, 5) is 4.94. The predicted octanol–water partition coefficient (Wildman–Crippen LogP) is 7.63. The van der Waals surface area contributed by atoms with E-state index in [0.29, 0.717) is 6.61 Å². The van der Waals surface area contributed by atoms with Gasteiger partial charge >= 0.3 is 0 Å². The van der Waals surface area contributed by atoms with E-state index in [4.69, 9.17) is 14.8 Å². The summed E-state index contributed by atoms with van der Waals surface area (Å²) in [7, 11) is 0. The van der Waals surface area contributed by atoms with Gasteiger partial charge < -0.3 is 9.84 Å². The fourth-order valence-corrected chi connectivity index (χ4v) is 4.27. The summed E-state index contributed by atoms with van der Waals surface area (Å²) in [5, 5.41) is 9.96. The molecule has 3 heteroatoms. The van der Waals surface area contributed by atoms with Crippen LogP contribution in [0.4, 0.5) is 0 Å². The van der Waals surface area contributed by atoms with Gasteiger partial charge in [0.25, 0.3) is 0 Å². The number of hydrogen-bond donors (Lipinski definition) is 1. The lowest BCUT2D eigenvalue weighted by atomic mass is 10.0. The highest BCUT2D eigenvalue weighted by molar-refractivity contribution is 5.84. The molecule has 3 rings (SSSR count). The SMILES string of the molecule is OCCCCCCCCCCCCCCCc1ccc2cccc(OCC3CC3)c2n1. The van der Waals surface area contributed by atoms with Gasteiger partial charge in [-0.3, -0.25) is 0 Å². The number of hydrogen-bond acceptors (Lipinski definition) is 3. The Morgan fingerprint density at radius 3 is 1.97 bits per heavy atom. The van der Waals surface area contributed by atoms with Gasteiger partial charge in [0.15, 0.2) is 0 Å². The van der Waals surface area contributed by atoms with E-state index in [0.717, 1.165) is 36.6 Å². The molecule has 0 radical (unpaired) electrons. The monoisotopic (exact) mass is 425 g/mol. The van der Waals surface area contributed by atoms with Crippen LogP contribution in [0.3, 0.4) is 0 Å². The number of benzene rings is 1. The molecule has 1 aromatic carbocycles. The summed E-state index contributed by atoms with van der Waals surface area (Å²) in [6, 6.07) is 10.7. The molecule has 172 valence electrons. The molecular formula is C28H43NO2. The van der Waals surface area contributed by atoms with Crippen molar-refractivity contribution >= 4 is 10.9 Å². The predicted molar refractivity (Wildman–Crippen MR) is 131 cm³/mol. The van der Waals surface area contributed by atoms with Gasteiger partial charge in [0.2, 0.25) is 0 Å². The third-order valence-electron chi connectivity index (χ3n) is 6.50. The van der Waals surface area contributed by atoms with Crippen molar-refractivity contribution in [3.8, 4) is 5.75 Å². The Morgan fingerprint density at radius 2 is 1.35 bits per heavy atom. The number of rotatable bonds is 18. The molecule has 1 saturated carbocycles. The van der Waals surface area contributed by atoms with Crippen LogP contribution in [0, 0.1) is 5.92 Å². The topological polar surface area (TPSA) is 42.4 Å². The summed E-state index contributed by atoms with van der Waals surface area (Å²) >= 11 is 0. The summed E-state index contributed by atoms with van der Waals surface area (Å²) < 4.78 is 6.05. The van der Waals surface area contributed by atoms with E-state index < -0.39 is 0 Å². The number of aliphatic hydroxyl groups excluding tert-OH is 1. The van der Waals surface area contributed by atoms with Crippen LogP contribution in [0.1, 0.15) is 102 Å². The van der Waals surface area contributed by atoms with Gasteiger partial charge in [-0.25, -0.2) is 4.98 Å². The third kappa shape index (κ3) is 9.60. The van der Waals surface area contributed by atoms with Crippen LogP contribution >= 0.6 is 0 Å². The van der Waals surface area contributed by atoms with Gasteiger partial charge in [-0.15, -0.1) is 0 Å². The second-order valence-electron chi connectivity index (χ2n) is 9.45. The van der Waals surface area contributed by atoms with Crippen molar-refractivity contribution in [1.29, 1.82) is 0 Å². The highest BCUT2D eigenvalue weighted by Gasteiger charge is 2.22. The zero-order chi connectivity index (χ0) is 21.6. The van der Waals surface area contributed by atoms with Crippen LogP contribution in [0.25, 0.3) is 10.9 Å². The molecule has 3 nitrogen and oxygen atoms in total. The summed E-state index contributed by atoms with van der Waals surface area (Å²) in [6.45, 7) is 1.20. The molecule has 0 unspecified atom stereocenters. The second kappa shape index (κ2) is 14.5. The number of unbranched alkanes of at least 4 members (excludes halogenated alkanes) is 12. The smallest absolute Gasteiger partial charge is 0.145 e. The second-order valence-corrected chi connectivity index (χ2v) is 9.45. The minimum Gasteiger partial charge on any atom is -0.491 e. The maximum absolute atomic E-state index is 8.78. The number of para-hydroxylation sites is 1. The van der Waals surface area contributed by atoms with Crippen LogP contribution in [0.5, 0.6) is 5.75 Å². The first kappa shape index (κ1) is 24.0. The van der Waals surface area contributed by atoms with Gasteiger partial charge in [-0.1, -0.05) is 88.8 Å². The lowest BCUT2D eigenvalue weighted by molar-refractivity contribution is 0.282. The molecule has 0 bridgehead atoms. The Hall–Kier alpha value is -1.61. The van der Waals surface area contributed by atoms with E-state index in [2.05, 4.69) is 30.3 Å². The molecule has 0 amide bonds. The van der Waals surface area contributed by atoms with E-state index in [-0.39, 0.29) is 0 Å². The largest absolute Gasteiger partial charge is 0.491 e. The number of aromatic nitrogens is 1. The van der Waals surface area contributed by atoms with Crippen molar-refractivity contribution in [1.82, 2.24) is 4.98 Å². The first-order valence-electron chi connectivity index (χ1n) is 13.0. The highest BCUT2D eigenvalue weighted by Crippen LogP contribution is 2.31. The fraction of sp³-hybridized carbons (Fsp3) is 0.679. The Labute approximate surface area is 189 Å². The molecule has 31 heavy (non-hydrogen) atoms. The average Bonchev–Trinajstić information content (AvgIpc) is 3.62. The summed E-state index contributed by atoms with van der Waals surface area (Å²) in [5.74, 6) is 1.72. The lowest BCUT2D eigenvalue weighted by Crippen LogP contribution is -2.01. The van der Waals surface area contributed by atoms with Crippen molar-refractivity contribution < 1.29 is 9.84 Å². The molecule has 1 aromatic heterocycles. The normalized spacial score (nSPS) is 13.7. The number of ether oxygens (including phenoxy) is 1. The van der Waals surface area contributed by atoms with Crippen LogP contribution in [-0.2, 0) is 6.42 Å². The summed E-state index contributed by atoms with van der Waals surface area (Å²) in [5.41, 5.74) is 2.24. The molecule has 0 aliphatic heterocycles. The first-order chi connectivity index (χ1) is 15.4. The fourth-order valence-electron chi connectivity index (χ4n) is 4.27. The van der Waals surface area contributed by atoms with Crippen LogP contribution in [-0.4, -0.2) is 23.3 Å². The van der Waals surface area contributed by atoms with E-state index in [1.165, 1.54) is 101 Å². The molecular weight excluding hydrogens is 382 g/mol. The zero-order valence-corrected chi connectivity index (χ0v) is 19.5. The van der Waals surface area contributed by atoms with E-state index in [1.807, 2.05) is 0 Å². The highest BCUT2D eigenvalue weighted by atomic mass is 16.5. The molecule has 1 fully saturated rings. The lowest BCUT2D eigenvalue weighted by Gasteiger charge is -2.09. The third-order valence-corrected chi connectivity index (χ3v) is 6.50. The number of pyridine rings is 1. The van der Waals surface area contributed by atoms with Crippen LogP contribution in [0.2, 0.25) is 0 Å². The van der Waals surface area contributed by atoms with Crippen molar-refractivity contribution in [2.75, 3.05) is 13.2 Å². The standard InChI is InChI=1S/C28H43NO2/c30-22-13-11-9-7-5-3-1-2-4-6-8-10-12-16-26-21-20-25-15-14-17-27(28(25)29-26)31-23-24-18-19-24/h14-15,17,20-21,24,30H,1-13,16,18-19,22-23H2. The minimum absolute atomic E-state index is 0.356. The maximum Gasteiger partial charge on any atom is 0.145 e. The van der Waals surface area contributed by atoms with Gasteiger partial charge in [-0.05, 0) is 50.2 Å². The number of aliphatic hydroxyl groups is 1. The van der Waals surface area contributed by atoms with Crippen LogP contribution < -0.4 is 4.74 Å². The van der Waals surface area contributed by atoms with Gasteiger partial charge in [-0.2, -0.15) is 0 Å². The number of aryl methyl sites for hydroxylation is 1. The van der Waals surface area contributed by atoms with Crippen molar-refractivity contribution in [3.63, 3.8) is 0 Å². The Balaban J connectivity index is 1.23. The quantitative estimate of drug-likeness (QED) is 0.250. The molecule has 1 heterocycles. The van der Waals surface area contributed by atoms with Gasteiger partial charge in [0.1, 0.15) is 11.3 Å². The molecule has 1 N–H and O–H groups in total. The molecule has 1 aliphatic carbocycles. The van der Waals surface area contributed by atoms with E-state index in [1.54, 1.807) is 0 Å². The molecule has 1 aliphatic rings. The van der Waals surface area contributed by atoms with Gasteiger partial charge in [0, 0.05) is 17.7 Å². The molecule has 0 atom stereocenters. The van der Waals surface area contributed by atoms with Crippen LogP contribution in [0.15, 0.2) is 30.3 Å². The van der Waals surface area contributed by atoms with Crippen molar-refractivity contribution in [3.05, 3.63) is 36.0 Å². The van der Waals surface area contributed by atoms with E-state index >= 15 is 0 Å². The Morgan fingerprint density at radius 1 is 0.742 bits per heavy atom. The van der Waals surface area contributed by atoms with Crippen molar-refractivity contribution in [2.24, 2.45) is 5.92 Å². The first-order valence-corrected chi connectivity index (χ1v) is 13.0. The van der Waals surface area contributed by atoms with Crippen molar-refractivity contribution in [2.45, 2.75) is 103 Å². The summed E-state index contributed by atoms with van der Waals surface area (Å²) in [6.07, 6.45) is 20.7. The molecule has 0 saturated heterocycles. The molecule has 2 aromatic rings. The molecule has 0 spiro atoms. The zero-order valence-electron chi connectivity index (χ0n) is 19.5. The Bertz CT molecular complexity index is 741. The minimum atomic E-state index is 0.356. The maximum atomic E-state index is 8.78. The van der Waals surface area contributed by atoms with E-state index in [9.17, 15) is 0 Å². The number of nitrogens with zero attached hydrogens (tertiary/aromatic N) is 1. The average molecular weight is 426 g/mol. The van der Waals surface area contributed by atoms with Gasteiger partial charge in [0.05, 0.1) is 6.61 Å². The number of fused-ring (bicyclic) bond motifs is 1.